The molecule has 0 aliphatic rings. The van der Waals surface area contributed by atoms with Gasteiger partial charge in [-0.25, -0.2) is 0 Å². The molecular weight excluding hydrogens is 212 g/mol. The zero-order valence-electron chi connectivity index (χ0n) is 11.9. The molecule has 0 aliphatic carbocycles. The van der Waals surface area contributed by atoms with E-state index in [0.29, 0.717) is 0 Å². The summed E-state index contributed by atoms with van der Waals surface area (Å²) in [5, 5.41) is 0. The minimum Gasteiger partial charge on any atom is -0.460 e. The predicted molar refractivity (Wildman–Crippen MR) is 72.9 cm³/mol. The van der Waals surface area contributed by atoms with Crippen molar-refractivity contribution in [2.45, 2.75) is 71.8 Å². The van der Waals surface area contributed by atoms with Crippen molar-refractivity contribution in [3.63, 3.8) is 0 Å². The highest BCUT2D eigenvalue weighted by Crippen LogP contribution is 2.19. The molecule has 17 heavy (non-hydrogen) atoms. The lowest BCUT2D eigenvalue weighted by molar-refractivity contribution is -0.160. The normalized spacial score (nSPS) is 13.2. The lowest BCUT2D eigenvalue weighted by Crippen LogP contribution is -2.28. The molecule has 0 saturated heterocycles. The van der Waals surface area contributed by atoms with Crippen LogP contribution in [0.1, 0.15) is 66.2 Å². The number of rotatable bonds is 8. The molecule has 0 aromatic heterocycles. The van der Waals surface area contributed by atoms with Crippen molar-refractivity contribution >= 4 is 5.97 Å². The van der Waals surface area contributed by atoms with E-state index in [-0.39, 0.29) is 17.5 Å². The molecule has 2 nitrogen and oxygen atoms in total. The fraction of sp³-hybridized carbons (Fsp3) is 0.800. The third-order valence-corrected chi connectivity index (χ3v) is 2.69. The van der Waals surface area contributed by atoms with E-state index in [1.54, 1.807) is 0 Å². The average molecular weight is 240 g/mol. The van der Waals surface area contributed by atoms with Crippen LogP contribution in [0.5, 0.6) is 0 Å². The van der Waals surface area contributed by atoms with Crippen LogP contribution in [0.15, 0.2) is 12.7 Å². The van der Waals surface area contributed by atoms with Gasteiger partial charge in [0.1, 0.15) is 5.60 Å². The zero-order valence-corrected chi connectivity index (χ0v) is 11.9. The highest BCUT2D eigenvalue weighted by atomic mass is 16.6. The molecule has 0 saturated carbocycles. The van der Waals surface area contributed by atoms with Crippen LogP contribution in [-0.4, -0.2) is 11.6 Å². The van der Waals surface area contributed by atoms with Gasteiger partial charge in [-0.05, 0) is 46.5 Å². The van der Waals surface area contributed by atoms with Crippen LogP contribution in [0.4, 0.5) is 0 Å². The number of esters is 1. The van der Waals surface area contributed by atoms with Gasteiger partial charge < -0.3 is 4.74 Å². The van der Waals surface area contributed by atoms with E-state index in [2.05, 4.69) is 13.5 Å². The highest BCUT2D eigenvalue weighted by Gasteiger charge is 2.23. The summed E-state index contributed by atoms with van der Waals surface area (Å²) in [6.45, 7) is 11.5. The number of hydrogen-bond acceptors (Lipinski definition) is 2. The molecule has 0 amide bonds. The Hall–Kier alpha value is -0.790. The van der Waals surface area contributed by atoms with Crippen molar-refractivity contribution in [3.05, 3.63) is 12.7 Å². The Bertz CT molecular complexity index is 226. The molecule has 0 aliphatic heterocycles. The van der Waals surface area contributed by atoms with Gasteiger partial charge in [-0.2, -0.15) is 0 Å². The lowest BCUT2D eigenvalue weighted by atomic mass is 9.98. The van der Waals surface area contributed by atoms with Gasteiger partial charge in [0, 0.05) is 0 Å². The summed E-state index contributed by atoms with van der Waals surface area (Å²) in [6.07, 6.45) is 8.29. The van der Waals surface area contributed by atoms with Crippen LogP contribution in [0, 0.1) is 5.92 Å². The van der Waals surface area contributed by atoms with Gasteiger partial charge >= 0.3 is 5.97 Å². The summed E-state index contributed by atoms with van der Waals surface area (Å²) in [4.78, 5) is 11.9. The smallest absolute Gasteiger partial charge is 0.309 e. The van der Waals surface area contributed by atoms with Crippen molar-refractivity contribution in [3.8, 4) is 0 Å². The first-order valence-electron chi connectivity index (χ1n) is 6.74. The molecular formula is C15H28O2. The standard InChI is InChI=1S/C15H28O2/c1-6-8-9-10-11-12-13(7-2)14(16)17-15(3,4)5/h6,13H,1,7-12H2,2-5H3. The van der Waals surface area contributed by atoms with Gasteiger partial charge in [-0.1, -0.05) is 25.8 Å². The SMILES string of the molecule is C=CCCCCCC(CC)C(=O)OC(C)(C)C. The number of unbranched alkanes of at least 4 members (excludes halogenated alkanes) is 3. The van der Waals surface area contributed by atoms with Gasteiger partial charge in [0.2, 0.25) is 0 Å². The summed E-state index contributed by atoms with van der Waals surface area (Å²) in [6, 6.07) is 0. The first-order chi connectivity index (χ1) is 7.90. The largest absolute Gasteiger partial charge is 0.460 e. The van der Waals surface area contributed by atoms with Crippen molar-refractivity contribution < 1.29 is 9.53 Å². The summed E-state index contributed by atoms with van der Waals surface area (Å²) >= 11 is 0. The zero-order chi connectivity index (χ0) is 13.3. The van der Waals surface area contributed by atoms with Crippen LogP contribution in [-0.2, 0) is 9.53 Å². The van der Waals surface area contributed by atoms with Crippen LogP contribution in [0.2, 0.25) is 0 Å². The Morgan fingerprint density at radius 1 is 1.29 bits per heavy atom. The Kier molecular flexibility index (Phi) is 7.94. The van der Waals surface area contributed by atoms with E-state index in [1.165, 1.54) is 12.8 Å². The fourth-order valence-corrected chi connectivity index (χ4v) is 1.73. The first-order valence-corrected chi connectivity index (χ1v) is 6.74. The van der Waals surface area contributed by atoms with Gasteiger partial charge in [-0.15, -0.1) is 6.58 Å². The van der Waals surface area contributed by atoms with Gasteiger partial charge in [0.15, 0.2) is 0 Å². The van der Waals surface area contributed by atoms with E-state index in [4.69, 9.17) is 4.74 Å². The number of carbonyl (C=O) groups excluding carboxylic acids is 1. The van der Waals surface area contributed by atoms with Crippen molar-refractivity contribution in [2.75, 3.05) is 0 Å². The third-order valence-electron chi connectivity index (χ3n) is 2.69. The Labute approximate surface area is 106 Å². The van der Waals surface area contributed by atoms with Gasteiger partial charge in [0.05, 0.1) is 5.92 Å². The number of ether oxygens (including phenoxy) is 1. The highest BCUT2D eigenvalue weighted by molar-refractivity contribution is 5.72. The van der Waals surface area contributed by atoms with Crippen LogP contribution < -0.4 is 0 Å². The number of carbonyl (C=O) groups is 1. The van der Waals surface area contributed by atoms with Crippen molar-refractivity contribution in [1.82, 2.24) is 0 Å². The van der Waals surface area contributed by atoms with Gasteiger partial charge in [0.25, 0.3) is 0 Å². The Balaban J connectivity index is 3.89. The maximum atomic E-state index is 11.9. The molecule has 0 aromatic rings. The number of hydrogen-bond donors (Lipinski definition) is 0. The third kappa shape index (κ3) is 8.96. The summed E-state index contributed by atoms with van der Waals surface area (Å²) < 4.78 is 5.41. The van der Waals surface area contributed by atoms with E-state index in [1.807, 2.05) is 26.8 Å². The van der Waals surface area contributed by atoms with E-state index in [9.17, 15) is 4.79 Å². The second-order valence-corrected chi connectivity index (χ2v) is 5.57. The summed E-state index contributed by atoms with van der Waals surface area (Å²) in [5.41, 5.74) is -0.368. The molecule has 2 heteroatoms. The van der Waals surface area contributed by atoms with E-state index in [0.717, 1.165) is 25.7 Å². The van der Waals surface area contributed by atoms with E-state index < -0.39 is 0 Å². The maximum Gasteiger partial charge on any atom is 0.309 e. The molecule has 0 rings (SSSR count). The molecule has 0 radical (unpaired) electrons. The fourth-order valence-electron chi connectivity index (χ4n) is 1.73. The van der Waals surface area contributed by atoms with Gasteiger partial charge in [-0.3, -0.25) is 4.79 Å². The van der Waals surface area contributed by atoms with Crippen LogP contribution >= 0.6 is 0 Å². The topological polar surface area (TPSA) is 26.3 Å². The minimum atomic E-state index is -0.368. The average Bonchev–Trinajstić information content (AvgIpc) is 2.20. The maximum absolute atomic E-state index is 11.9. The second-order valence-electron chi connectivity index (χ2n) is 5.57. The van der Waals surface area contributed by atoms with Crippen molar-refractivity contribution in [2.24, 2.45) is 5.92 Å². The van der Waals surface area contributed by atoms with Crippen LogP contribution in [0.3, 0.4) is 0 Å². The number of allylic oxidation sites excluding steroid dienone is 1. The Morgan fingerprint density at radius 3 is 2.41 bits per heavy atom. The molecule has 0 heterocycles. The molecule has 0 spiro atoms. The molecule has 0 N–H and O–H groups in total. The summed E-state index contributed by atoms with van der Waals surface area (Å²) in [5.74, 6) is 0.0293. The molecule has 1 unspecified atom stereocenters. The quantitative estimate of drug-likeness (QED) is 0.355. The first kappa shape index (κ1) is 16.2. The van der Waals surface area contributed by atoms with Crippen LogP contribution in [0.25, 0.3) is 0 Å². The second kappa shape index (κ2) is 8.32. The molecule has 100 valence electrons. The molecule has 1 atom stereocenters. The Morgan fingerprint density at radius 2 is 1.94 bits per heavy atom. The molecule has 0 aromatic carbocycles. The van der Waals surface area contributed by atoms with Crippen molar-refractivity contribution in [1.29, 1.82) is 0 Å². The van der Waals surface area contributed by atoms with E-state index >= 15 is 0 Å². The minimum absolute atomic E-state index is 0.0382. The monoisotopic (exact) mass is 240 g/mol. The molecule has 0 bridgehead atoms. The predicted octanol–water partition coefficient (Wildman–Crippen LogP) is 4.49. The molecule has 0 fully saturated rings. The summed E-state index contributed by atoms with van der Waals surface area (Å²) in [7, 11) is 0. The lowest BCUT2D eigenvalue weighted by Gasteiger charge is -2.23.